The topological polar surface area (TPSA) is 247 Å². The number of hydrogen-bond acceptors (Lipinski definition) is 20. The molecule has 0 amide bonds. The van der Waals surface area contributed by atoms with Gasteiger partial charge in [-0.1, -0.05) is 134 Å². The molecule has 0 aliphatic carbocycles. The van der Waals surface area contributed by atoms with Crippen LogP contribution in [0.3, 0.4) is 0 Å². The zero-order valence-corrected chi connectivity index (χ0v) is 46.0. The lowest BCUT2D eigenvalue weighted by molar-refractivity contribution is -0.385. The van der Waals surface area contributed by atoms with Crippen molar-refractivity contribution in [2.75, 3.05) is 26.4 Å². The Labute approximate surface area is 424 Å². The lowest BCUT2D eigenvalue weighted by Crippen LogP contribution is -2.66. The van der Waals surface area contributed by atoms with E-state index in [4.69, 9.17) is 56.8 Å². The van der Waals surface area contributed by atoms with E-state index in [1.54, 1.807) is 67.5 Å². The van der Waals surface area contributed by atoms with Crippen LogP contribution < -0.4 is 9.92 Å². The van der Waals surface area contributed by atoms with Crippen molar-refractivity contribution in [1.82, 2.24) is 0 Å². The van der Waals surface area contributed by atoms with Crippen LogP contribution in [0.25, 0.3) is 0 Å². The Morgan fingerprint density at radius 3 is 1.39 bits per heavy atom. The van der Waals surface area contributed by atoms with Crippen LogP contribution in [0, 0.1) is 41.4 Å². The fraction of sp³-hybridized carbons (Fsp3) is 0.725. The zero-order valence-electron chi connectivity index (χ0n) is 45.0. The third-order valence-electron chi connectivity index (χ3n) is 11.2. The second kappa shape index (κ2) is 26.7. The molecule has 21 heteroatoms. The third kappa shape index (κ3) is 17.3. The van der Waals surface area contributed by atoms with Crippen molar-refractivity contribution >= 4 is 61.0 Å². The monoisotopic (exact) mass is 1040 g/mol. The van der Waals surface area contributed by atoms with Gasteiger partial charge < -0.3 is 56.8 Å². The minimum Gasteiger partial charge on any atom is -0.482 e. The molecule has 72 heavy (non-hydrogen) atoms. The quantitative estimate of drug-likeness (QED) is 0.0731. The first-order valence-electron chi connectivity index (χ1n) is 24.6. The van der Waals surface area contributed by atoms with E-state index in [1.165, 1.54) is 46.7 Å². The highest BCUT2D eigenvalue weighted by atomic mass is 28.3. The molecule has 2 heterocycles. The summed E-state index contributed by atoms with van der Waals surface area (Å²) in [5.74, 6) is -14.2. The van der Waals surface area contributed by atoms with E-state index < -0.39 is 178 Å². The molecule has 20 nitrogen and oxygen atoms in total. The van der Waals surface area contributed by atoms with Crippen LogP contribution in [-0.2, 0) is 90.5 Å². The fourth-order valence-electron chi connectivity index (χ4n) is 6.63. The third-order valence-corrected chi connectivity index (χ3v) is 13.3. The Morgan fingerprint density at radius 2 is 0.917 bits per heavy atom. The van der Waals surface area contributed by atoms with Crippen molar-refractivity contribution in [1.29, 1.82) is 0 Å². The summed E-state index contributed by atoms with van der Waals surface area (Å²) in [5, 5.41) is 1.17. The van der Waals surface area contributed by atoms with E-state index in [9.17, 15) is 38.4 Å². The highest BCUT2D eigenvalue weighted by Gasteiger charge is 2.65. The molecule has 3 rings (SSSR count). The van der Waals surface area contributed by atoms with E-state index >= 15 is 0 Å². The normalized spacial score (nSPS) is 24.3. The summed E-state index contributed by atoms with van der Waals surface area (Å²) in [6.45, 7) is 25.3. The number of carbonyl (C=O) groups is 8. The van der Waals surface area contributed by atoms with Crippen LogP contribution in [0.2, 0.25) is 19.6 Å². The molecular formula is C51H78O20Si. The second-order valence-electron chi connectivity index (χ2n) is 21.2. The Kier molecular flexibility index (Phi) is 22.7. The average molecular weight is 1040 g/mol. The molecule has 1 aromatic carbocycles. The first kappa shape index (κ1) is 61.2. The van der Waals surface area contributed by atoms with Crippen molar-refractivity contribution in [3.8, 4) is 5.75 Å². The van der Waals surface area contributed by atoms with Crippen LogP contribution in [0.5, 0.6) is 5.75 Å². The van der Waals surface area contributed by atoms with Gasteiger partial charge in [-0.05, 0) is 12.1 Å². The second-order valence-corrected chi connectivity index (χ2v) is 26.2. The molecule has 0 aromatic heterocycles. The lowest BCUT2D eigenvalue weighted by Gasteiger charge is -2.47. The number of hydrogen-bond donors (Lipinski definition) is 0. The molecule has 0 saturated carbocycles. The Balaban J connectivity index is 2.33. The van der Waals surface area contributed by atoms with Gasteiger partial charge >= 0.3 is 47.8 Å². The fourth-order valence-corrected chi connectivity index (χ4v) is 7.80. The highest BCUT2D eigenvalue weighted by Crippen LogP contribution is 2.42. The van der Waals surface area contributed by atoms with Gasteiger partial charge in [0, 0.05) is 0 Å². The van der Waals surface area contributed by atoms with Crippen molar-refractivity contribution in [2.45, 2.75) is 171 Å². The minimum absolute atomic E-state index is 0.394. The number of ether oxygens (including phenoxy) is 12. The molecule has 2 fully saturated rings. The molecule has 406 valence electrons. The molecule has 2 aliphatic heterocycles. The Morgan fingerprint density at radius 1 is 0.500 bits per heavy atom. The van der Waals surface area contributed by atoms with Gasteiger partial charge in [0.2, 0.25) is 12.1 Å². The van der Waals surface area contributed by atoms with Crippen LogP contribution in [0.4, 0.5) is 0 Å². The summed E-state index contributed by atoms with van der Waals surface area (Å²) in [5.41, 5.74) is 0. The van der Waals surface area contributed by atoms with Gasteiger partial charge in [0.25, 0.3) is 0 Å². The predicted molar refractivity (Wildman–Crippen MR) is 258 cm³/mol. The van der Waals surface area contributed by atoms with E-state index in [2.05, 4.69) is 19.6 Å². The molecule has 2 saturated heterocycles. The van der Waals surface area contributed by atoms with Gasteiger partial charge in [-0.25, -0.2) is 4.79 Å². The summed E-state index contributed by atoms with van der Waals surface area (Å²) in [6, 6.07) is 7.33. The number of esters is 8. The molecule has 3 unspecified atom stereocenters. The number of carbonyl (C=O) groups excluding carboxylic acids is 8. The first-order chi connectivity index (χ1) is 33.4. The molecule has 1 aromatic rings. The molecule has 0 radical (unpaired) electrons. The van der Waals surface area contributed by atoms with Crippen LogP contribution >= 0.6 is 0 Å². The van der Waals surface area contributed by atoms with Crippen molar-refractivity contribution in [3.63, 3.8) is 0 Å². The minimum atomic E-state index is -2.62. The van der Waals surface area contributed by atoms with Gasteiger partial charge in [0.15, 0.2) is 37.1 Å². The lowest BCUT2D eigenvalue weighted by atomic mass is 9.96. The van der Waals surface area contributed by atoms with E-state index in [-0.39, 0.29) is 0 Å². The Bertz CT molecular complexity index is 2020. The SMILES string of the molecule is CC(C)C(=O)OCC1O[C@H](O[C@]2(COC(=O)C(C)C)O[C@H](COC(=O)COc3ccc([Si](C)(C)C)cc3)C(OC(=O)C(C)C)[C@H]2OC(=O)C(C)C)C(OC(=O)C(C)C)[C@@H](OC(=O)C(C)C)[C@@H]1OC(=O)C(C)C. The molecule has 2 aliphatic rings. The zero-order chi connectivity index (χ0) is 54.6. The number of benzene rings is 1. The molecule has 0 spiro atoms. The first-order valence-corrected chi connectivity index (χ1v) is 28.1. The maximum atomic E-state index is 13.8. The predicted octanol–water partition coefficient (Wildman–Crippen LogP) is 5.23. The van der Waals surface area contributed by atoms with Crippen LogP contribution in [0.1, 0.15) is 96.9 Å². The van der Waals surface area contributed by atoms with Crippen molar-refractivity contribution < 1.29 is 95.2 Å². The van der Waals surface area contributed by atoms with Gasteiger partial charge in [-0.2, -0.15) is 0 Å². The Hall–Kier alpha value is -5.12. The summed E-state index contributed by atoms with van der Waals surface area (Å²) in [4.78, 5) is 108. The standard InChI is InChI=1S/C51H78O20Si/c1-26(2)43(53)62-22-35-38(65-45(55)28(5)6)40(67-47(57)30(9)10)41(68-48(58)31(11)12)50(64-35)71-51(25-63-44(54)27(3)4)42(69-49(59)32(13)14)39(66-46(56)29(7)8)36(70-51)23-61-37(52)24-60-33-18-20-34(21-19-33)72(15,16)17/h18-21,26-32,35-36,38-42,50H,22-25H2,1-17H3/t35?,36-,38-,39?,40+,41?,42-,50-,51+/m1/s1. The molecule has 0 N–H and O–H groups in total. The largest absolute Gasteiger partial charge is 0.482 e. The van der Waals surface area contributed by atoms with Gasteiger partial charge in [0.05, 0.1) is 49.5 Å². The van der Waals surface area contributed by atoms with E-state index in [0.717, 1.165) is 0 Å². The summed E-state index contributed by atoms with van der Waals surface area (Å²) in [6.07, 6.45) is -14.0. The summed E-state index contributed by atoms with van der Waals surface area (Å²) >= 11 is 0. The van der Waals surface area contributed by atoms with Crippen molar-refractivity contribution in [3.05, 3.63) is 24.3 Å². The maximum Gasteiger partial charge on any atom is 0.344 e. The van der Waals surface area contributed by atoms with Gasteiger partial charge in [-0.15, -0.1) is 0 Å². The average Bonchev–Trinajstić information content (AvgIpc) is 3.56. The van der Waals surface area contributed by atoms with E-state index in [1.807, 2.05) is 12.1 Å². The highest BCUT2D eigenvalue weighted by molar-refractivity contribution is 6.88. The molecule has 0 bridgehead atoms. The smallest absolute Gasteiger partial charge is 0.344 e. The summed E-state index contributed by atoms with van der Waals surface area (Å²) in [7, 11) is -1.63. The van der Waals surface area contributed by atoms with Crippen LogP contribution in [0.15, 0.2) is 24.3 Å². The van der Waals surface area contributed by atoms with E-state index in [0.29, 0.717) is 5.75 Å². The van der Waals surface area contributed by atoms with Crippen LogP contribution in [-0.4, -0.2) is 137 Å². The molecule has 9 atom stereocenters. The van der Waals surface area contributed by atoms with Gasteiger partial charge in [0.1, 0.15) is 37.8 Å². The van der Waals surface area contributed by atoms with Gasteiger partial charge in [-0.3, -0.25) is 33.6 Å². The number of rotatable bonds is 24. The van der Waals surface area contributed by atoms with Crippen molar-refractivity contribution in [2.24, 2.45) is 41.4 Å². The molecular weight excluding hydrogens is 961 g/mol. The summed E-state index contributed by atoms with van der Waals surface area (Å²) < 4.78 is 72.7. The maximum absolute atomic E-state index is 13.8.